The van der Waals surface area contributed by atoms with Crippen LogP contribution in [0.25, 0.3) is 0 Å². The largest absolute Gasteiger partial charge is 0.398 e. The fourth-order valence-electron chi connectivity index (χ4n) is 1.86. The molecule has 0 aliphatic heterocycles. The molecule has 0 unspecified atom stereocenters. The highest BCUT2D eigenvalue weighted by atomic mass is 19.2. The first-order valence-electron chi connectivity index (χ1n) is 5.60. The van der Waals surface area contributed by atoms with Crippen LogP contribution in [0.3, 0.4) is 0 Å². The monoisotopic (exact) mass is 240 g/mol. The van der Waals surface area contributed by atoms with Crippen molar-refractivity contribution in [2.24, 2.45) is 0 Å². The van der Waals surface area contributed by atoms with Crippen molar-refractivity contribution in [2.45, 2.75) is 25.8 Å². The van der Waals surface area contributed by atoms with E-state index in [9.17, 15) is 13.6 Å². The van der Waals surface area contributed by atoms with Gasteiger partial charge in [-0.25, -0.2) is 8.78 Å². The predicted octanol–water partition coefficient (Wildman–Crippen LogP) is 2.17. The van der Waals surface area contributed by atoms with Gasteiger partial charge in [0.05, 0.1) is 5.56 Å². The lowest BCUT2D eigenvalue weighted by Crippen LogP contribution is -2.33. The van der Waals surface area contributed by atoms with E-state index in [0.29, 0.717) is 6.54 Å². The van der Waals surface area contributed by atoms with Crippen LogP contribution in [-0.2, 0) is 0 Å². The van der Waals surface area contributed by atoms with Crippen molar-refractivity contribution in [3.63, 3.8) is 0 Å². The minimum atomic E-state index is -1.05. The molecular weight excluding hydrogens is 226 g/mol. The molecule has 3 nitrogen and oxygen atoms in total. The number of hydrogen-bond acceptors (Lipinski definition) is 2. The van der Waals surface area contributed by atoms with E-state index in [1.807, 2.05) is 6.92 Å². The Labute approximate surface area is 98.2 Å². The lowest BCUT2D eigenvalue weighted by Gasteiger charge is -2.21. The van der Waals surface area contributed by atoms with Crippen LogP contribution in [0.15, 0.2) is 12.1 Å². The Morgan fingerprint density at radius 2 is 2.00 bits per heavy atom. The van der Waals surface area contributed by atoms with Crippen LogP contribution in [0.5, 0.6) is 0 Å². The number of nitrogens with two attached hydrogens (primary N) is 1. The van der Waals surface area contributed by atoms with E-state index in [4.69, 9.17) is 5.73 Å². The van der Waals surface area contributed by atoms with Crippen LogP contribution < -0.4 is 5.73 Å². The molecule has 1 aliphatic rings. The Kier molecular flexibility index (Phi) is 3.00. The molecule has 0 atom stereocenters. The molecule has 0 aromatic heterocycles. The summed E-state index contributed by atoms with van der Waals surface area (Å²) in [6.07, 6.45) is 1.92. The van der Waals surface area contributed by atoms with E-state index in [1.54, 1.807) is 4.90 Å². The van der Waals surface area contributed by atoms with Crippen molar-refractivity contribution in [2.75, 3.05) is 12.3 Å². The van der Waals surface area contributed by atoms with Crippen LogP contribution in [0, 0.1) is 11.6 Å². The second-order valence-corrected chi connectivity index (χ2v) is 4.18. The molecule has 0 saturated heterocycles. The Bertz CT molecular complexity index is 458. The van der Waals surface area contributed by atoms with Crippen LogP contribution in [0.4, 0.5) is 14.5 Å². The van der Waals surface area contributed by atoms with Crippen molar-refractivity contribution >= 4 is 11.6 Å². The van der Waals surface area contributed by atoms with E-state index in [0.717, 1.165) is 25.0 Å². The van der Waals surface area contributed by atoms with Crippen molar-refractivity contribution in [3.8, 4) is 0 Å². The quantitative estimate of drug-likeness (QED) is 0.823. The van der Waals surface area contributed by atoms with Gasteiger partial charge >= 0.3 is 0 Å². The van der Waals surface area contributed by atoms with Gasteiger partial charge in [-0.1, -0.05) is 0 Å². The summed E-state index contributed by atoms with van der Waals surface area (Å²) in [6, 6.07) is 1.95. The van der Waals surface area contributed by atoms with Gasteiger partial charge in [-0.2, -0.15) is 0 Å². The average Bonchev–Trinajstić information content (AvgIpc) is 3.08. The Morgan fingerprint density at radius 1 is 1.41 bits per heavy atom. The maximum absolute atomic E-state index is 13.1. The van der Waals surface area contributed by atoms with E-state index in [1.165, 1.54) is 0 Å². The maximum atomic E-state index is 13.1. The van der Waals surface area contributed by atoms with Gasteiger partial charge in [-0.05, 0) is 25.8 Å². The standard InChI is InChI=1S/C12H14F2N2O/c1-2-16(7-3-4-7)12(17)8-5-9(13)10(14)6-11(8)15/h5-7H,2-4,15H2,1H3. The third-order valence-corrected chi connectivity index (χ3v) is 2.91. The van der Waals surface area contributed by atoms with Crippen LogP contribution in [0.2, 0.25) is 0 Å². The van der Waals surface area contributed by atoms with Crippen LogP contribution in [0.1, 0.15) is 30.1 Å². The molecule has 0 spiro atoms. The summed E-state index contributed by atoms with van der Waals surface area (Å²) in [5.74, 6) is -2.41. The third-order valence-electron chi connectivity index (χ3n) is 2.91. The van der Waals surface area contributed by atoms with Crippen molar-refractivity contribution in [3.05, 3.63) is 29.3 Å². The second-order valence-electron chi connectivity index (χ2n) is 4.18. The molecule has 92 valence electrons. The second kappa shape index (κ2) is 4.31. The van der Waals surface area contributed by atoms with Gasteiger partial charge in [-0.3, -0.25) is 4.79 Å². The normalized spacial score (nSPS) is 14.8. The van der Waals surface area contributed by atoms with Crippen molar-refractivity contribution < 1.29 is 13.6 Å². The van der Waals surface area contributed by atoms with Crippen molar-refractivity contribution in [1.29, 1.82) is 0 Å². The Hall–Kier alpha value is -1.65. The van der Waals surface area contributed by atoms with E-state index < -0.39 is 11.6 Å². The van der Waals surface area contributed by atoms with Gasteiger partial charge in [0, 0.05) is 24.3 Å². The number of anilines is 1. The van der Waals surface area contributed by atoms with Gasteiger partial charge in [0.2, 0.25) is 0 Å². The highest BCUT2D eigenvalue weighted by molar-refractivity contribution is 5.99. The molecule has 2 rings (SSSR count). The number of benzene rings is 1. The molecule has 1 fully saturated rings. The zero-order chi connectivity index (χ0) is 12.6. The van der Waals surface area contributed by atoms with Crippen molar-refractivity contribution in [1.82, 2.24) is 4.90 Å². The summed E-state index contributed by atoms with van der Waals surface area (Å²) in [7, 11) is 0. The molecule has 1 aromatic rings. The summed E-state index contributed by atoms with van der Waals surface area (Å²) < 4.78 is 26.0. The number of amides is 1. The molecule has 0 bridgehead atoms. The van der Waals surface area contributed by atoms with Gasteiger partial charge in [0.25, 0.3) is 5.91 Å². The molecule has 5 heteroatoms. The van der Waals surface area contributed by atoms with Gasteiger partial charge in [-0.15, -0.1) is 0 Å². The van der Waals surface area contributed by atoms with E-state index in [-0.39, 0.29) is 23.2 Å². The predicted molar refractivity (Wildman–Crippen MR) is 60.5 cm³/mol. The number of rotatable bonds is 3. The summed E-state index contributed by atoms with van der Waals surface area (Å²) >= 11 is 0. The number of carbonyl (C=O) groups excluding carboxylic acids is 1. The third kappa shape index (κ3) is 2.23. The van der Waals surface area contributed by atoms with Gasteiger partial charge < -0.3 is 10.6 Å². The molecule has 17 heavy (non-hydrogen) atoms. The lowest BCUT2D eigenvalue weighted by molar-refractivity contribution is 0.0753. The number of nitrogens with zero attached hydrogens (tertiary/aromatic N) is 1. The molecule has 1 aromatic carbocycles. The van der Waals surface area contributed by atoms with Gasteiger partial charge in [0.15, 0.2) is 11.6 Å². The highest BCUT2D eigenvalue weighted by Crippen LogP contribution is 2.29. The maximum Gasteiger partial charge on any atom is 0.256 e. The minimum Gasteiger partial charge on any atom is -0.398 e. The topological polar surface area (TPSA) is 46.3 Å². The summed E-state index contributed by atoms with van der Waals surface area (Å²) in [6.45, 7) is 2.40. The molecular formula is C12H14F2N2O. The fraction of sp³-hybridized carbons (Fsp3) is 0.417. The molecule has 1 saturated carbocycles. The van der Waals surface area contributed by atoms with Gasteiger partial charge in [0.1, 0.15) is 0 Å². The Morgan fingerprint density at radius 3 is 2.53 bits per heavy atom. The average molecular weight is 240 g/mol. The number of hydrogen-bond donors (Lipinski definition) is 1. The zero-order valence-corrected chi connectivity index (χ0v) is 9.54. The molecule has 0 heterocycles. The number of halogens is 2. The number of carbonyl (C=O) groups is 1. The Balaban J connectivity index is 2.32. The number of nitrogen functional groups attached to an aromatic ring is 1. The molecule has 0 radical (unpaired) electrons. The summed E-state index contributed by atoms with van der Waals surface area (Å²) in [5, 5.41) is 0. The zero-order valence-electron chi connectivity index (χ0n) is 9.54. The smallest absolute Gasteiger partial charge is 0.256 e. The molecule has 1 aliphatic carbocycles. The first-order chi connectivity index (χ1) is 8.04. The van der Waals surface area contributed by atoms with E-state index in [2.05, 4.69) is 0 Å². The molecule has 2 N–H and O–H groups in total. The summed E-state index contributed by atoms with van der Waals surface area (Å²) in [4.78, 5) is 13.7. The molecule has 1 amide bonds. The highest BCUT2D eigenvalue weighted by Gasteiger charge is 2.32. The SMILES string of the molecule is CCN(C(=O)c1cc(F)c(F)cc1N)C1CC1. The first kappa shape index (κ1) is 11.8. The summed E-state index contributed by atoms with van der Waals surface area (Å²) in [5.41, 5.74) is 5.57. The van der Waals surface area contributed by atoms with Crippen LogP contribution >= 0.6 is 0 Å². The fourth-order valence-corrected chi connectivity index (χ4v) is 1.86. The lowest BCUT2D eigenvalue weighted by atomic mass is 10.1. The van der Waals surface area contributed by atoms with Crippen LogP contribution in [-0.4, -0.2) is 23.4 Å². The van der Waals surface area contributed by atoms with E-state index >= 15 is 0 Å². The minimum absolute atomic E-state index is 0.0204. The first-order valence-corrected chi connectivity index (χ1v) is 5.60.